The molecule has 0 spiro atoms. The molecule has 4 heteroatoms. The number of nitrogens with zero attached hydrogens (tertiary/aromatic N) is 3. The lowest BCUT2D eigenvalue weighted by Gasteiger charge is -2.08. The highest BCUT2D eigenvalue weighted by atomic mass is 16.3. The van der Waals surface area contributed by atoms with Gasteiger partial charge < -0.3 is 4.42 Å². The molecule has 0 saturated carbocycles. The summed E-state index contributed by atoms with van der Waals surface area (Å²) in [4.78, 5) is 0. The molecule has 0 atom stereocenters. The van der Waals surface area contributed by atoms with Crippen LogP contribution in [-0.4, -0.2) is 14.6 Å². The predicted octanol–water partition coefficient (Wildman–Crippen LogP) is 7.42. The maximum atomic E-state index is 6.23. The Balaban J connectivity index is 1.37. The van der Waals surface area contributed by atoms with Crippen LogP contribution in [0.25, 0.3) is 60.9 Å². The lowest BCUT2D eigenvalue weighted by Crippen LogP contribution is -1.95. The first-order valence-corrected chi connectivity index (χ1v) is 11.0. The van der Waals surface area contributed by atoms with E-state index in [1.807, 2.05) is 24.3 Å². The second-order valence-corrected chi connectivity index (χ2v) is 8.41. The largest absolute Gasteiger partial charge is 0.455 e. The normalized spacial score (nSPS) is 11.8. The van der Waals surface area contributed by atoms with Crippen molar-refractivity contribution in [3.8, 4) is 22.5 Å². The molecule has 0 aliphatic rings. The average Bonchev–Trinajstić information content (AvgIpc) is 3.47. The molecular formula is C29H19N3O. The van der Waals surface area contributed by atoms with Crippen LogP contribution < -0.4 is 0 Å². The topological polar surface area (TPSA) is 43.3 Å². The molecule has 0 aliphatic carbocycles. The molecule has 4 aromatic carbocycles. The van der Waals surface area contributed by atoms with Gasteiger partial charge in [-0.25, -0.2) is 0 Å². The van der Waals surface area contributed by atoms with Crippen LogP contribution in [0.2, 0.25) is 0 Å². The van der Waals surface area contributed by atoms with Gasteiger partial charge in [-0.05, 0) is 30.0 Å². The molecule has 0 amide bonds. The minimum atomic E-state index is 0.849. The minimum absolute atomic E-state index is 0.849. The zero-order chi connectivity index (χ0) is 21.9. The highest BCUT2D eigenvalue weighted by Crippen LogP contribution is 2.36. The highest BCUT2D eigenvalue weighted by molar-refractivity contribution is 6.09. The summed E-state index contributed by atoms with van der Waals surface area (Å²) in [6.45, 7) is 2.10. The Morgan fingerprint density at radius 1 is 0.667 bits per heavy atom. The van der Waals surface area contributed by atoms with Crippen molar-refractivity contribution in [1.82, 2.24) is 14.6 Å². The van der Waals surface area contributed by atoms with E-state index in [1.54, 1.807) is 0 Å². The zero-order valence-electron chi connectivity index (χ0n) is 18.0. The van der Waals surface area contributed by atoms with Crippen molar-refractivity contribution in [2.45, 2.75) is 6.92 Å². The molecule has 0 radical (unpaired) electrons. The van der Waals surface area contributed by atoms with E-state index in [0.717, 1.165) is 61.2 Å². The molecule has 0 aliphatic heterocycles. The number of benzene rings is 4. The third kappa shape index (κ3) is 2.64. The summed E-state index contributed by atoms with van der Waals surface area (Å²) in [5.74, 6) is 0.849. The molecule has 3 aromatic heterocycles. The number of pyridine rings is 1. The fourth-order valence-corrected chi connectivity index (χ4v) is 4.87. The fourth-order valence-electron chi connectivity index (χ4n) is 4.87. The van der Waals surface area contributed by atoms with Crippen LogP contribution in [0.4, 0.5) is 0 Å². The van der Waals surface area contributed by atoms with Crippen LogP contribution in [0.1, 0.15) is 5.69 Å². The Labute approximate surface area is 189 Å². The molecule has 156 valence electrons. The van der Waals surface area contributed by atoms with E-state index in [9.17, 15) is 0 Å². The van der Waals surface area contributed by atoms with Gasteiger partial charge in [0.15, 0.2) is 11.5 Å². The van der Waals surface area contributed by atoms with E-state index in [2.05, 4.69) is 94.3 Å². The molecule has 4 nitrogen and oxygen atoms in total. The SMILES string of the molecule is Cc1cc2ccccc2c2nnc(-c3ccc(-c4cccc5c4oc4ccccc45)cc3)n12. The first-order chi connectivity index (χ1) is 16.3. The molecule has 0 N–H and O–H groups in total. The summed E-state index contributed by atoms with van der Waals surface area (Å²) in [7, 11) is 0. The number of rotatable bonds is 2. The van der Waals surface area contributed by atoms with Crippen LogP contribution in [0, 0.1) is 6.92 Å². The van der Waals surface area contributed by atoms with E-state index in [0.29, 0.717) is 0 Å². The monoisotopic (exact) mass is 425 g/mol. The molecular weight excluding hydrogens is 406 g/mol. The molecule has 0 bridgehead atoms. The summed E-state index contributed by atoms with van der Waals surface area (Å²) in [5.41, 5.74) is 7.05. The van der Waals surface area contributed by atoms with E-state index in [-0.39, 0.29) is 0 Å². The van der Waals surface area contributed by atoms with Gasteiger partial charge in [0.1, 0.15) is 11.2 Å². The van der Waals surface area contributed by atoms with Crippen molar-refractivity contribution in [2.75, 3.05) is 0 Å². The van der Waals surface area contributed by atoms with Crippen LogP contribution in [0.5, 0.6) is 0 Å². The Bertz CT molecular complexity index is 1820. The molecule has 0 saturated heterocycles. The second kappa shape index (κ2) is 6.78. The lowest BCUT2D eigenvalue weighted by molar-refractivity contribution is 0.670. The summed E-state index contributed by atoms with van der Waals surface area (Å²) < 4.78 is 8.36. The third-order valence-electron chi connectivity index (χ3n) is 6.44. The third-order valence-corrected chi connectivity index (χ3v) is 6.44. The van der Waals surface area contributed by atoms with E-state index >= 15 is 0 Å². The van der Waals surface area contributed by atoms with Crippen LogP contribution in [-0.2, 0) is 0 Å². The molecule has 0 unspecified atom stereocenters. The first kappa shape index (κ1) is 18.2. The van der Waals surface area contributed by atoms with Gasteiger partial charge in [0.05, 0.1) is 0 Å². The maximum absolute atomic E-state index is 6.23. The van der Waals surface area contributed by atoms with Crippen molar-refractivity contribution in [1.29, 1.82) is 0 Å². The minimum Gasteiger partial charge on any atom is -0.455 e. The van der Waals surface area contributed by atoms with Crippen molar-refractivity contribution < 1.29 is 4.42 Å². The standard InChI is InChI=1S/C29H19N3O/c1-18-17-21-7-2-3-8-23(21)29-31-30-28(32(18)29)20-15-13-19(14-16-20)22-10-6-11-25-24-9-4-5-12-26(24)33-27(22)25/h2-17H,1H3. The van der Waals surface area contributed by atoms with Gasteiger partial charge >= 0.3 is 0 Å². The van der Waals surface area contributed by atoms with Crippen molar-refractivity contribution in [3.05, 3.63) is 103 Å². The Kier molecular flexibility index (Phi) is 3.73. The Hall–Kier alpha value is -4.44. The lowest BCUT2D eigenvalue weighted by atomic mass is 10.0. The van der Waals surface area contributed by atoms with Crippen molar-refractivity contribution in [2.24, 2.45) is 0 Å². The van der Waals surface area contributed by atoms with E-state index in [1.165, 1.54) is 5.39 Å². The quantitative estimate of drug-likeness (QED) is 0.289. The summed E-state index contributed by atoms with van der Waals surface area (Å²) in [6, 6.07) is 33.5. The molecule has 7 aromatic rings. The van der Waals surface area contributed by atoms with Crippen molar-refractivity contribution in [3.63, 3.8) is 0 Å². The number of hydrogen-bond donors (Lipinski definition) is 0. The smallest absolute Gasteiger partial charge is 0.169 e. The van der Waals surface area contributed by atoms with Crippen LogP contribution in [0.15, 0.2) is 101 Å². The molecule has 0 fully saturated rings. The fraction of sp³-hybridized carbons (Fsp3) is 0.0345. The van der Waals surface area contributed by atoms with Gasteiger partial charge in [-0.1, -0.05) is 84.9 Å². The first-order valence-electron chi connectivity index (χ1n) is 11.0. The van der Waals surface area contributed by atoms with Crippen molar-refractivity contribution >= 4 is 38.4 Å². The number of para-hydroxylation sites is 2. The summed E-state index contributed by atoms with van der Waals surface area (Å²) in [5, 5.41) is 13.6. The highest BCUT2D eigenvalue weighted by Gasteiger charge is 2.15. The Morgan fingerprint density at radius 3 is 2.27 bits per heavy atom. The number of aromatic nitrogens is 3. The molecule has 33 heavy (non-hydrogen) atoms. The number of furan rings is 1. The van der Waals surface area contributed by atoms with Crippen LogP contribution >= 0.6 is 0 Å². The van der Waals surface area contributed by atoms with Gasteiger partial charge in [0.25, 0.3) is 0 Å². The number of fused-ring (bicyclic) bond motifs is 6. The van der Waals surface area contributed by atoms with Crippen LogP contribution in [0.3, 0.4) is 0 Å². The molecule has 3 heterocycles. The van der Waals surface area contributed by atoms with E-state index < -0.39 is 0 Å². The number of hydrogen-bond acceptors (Lipinski definition) is 3. The average molecular weight is 425 g/mol. The van der Waals surface area contributed by atoms with Gasteiger partial charge in [-0.3, -0.25) is 4.40 Å². The summed E-state index contributed by atoms with van der Waals surface area (Å²) in [6.07, 6.45) is 0. The van der Waals surface area contributed by atoms with Gasteiger partial charge in [0, 0.05) is 33.0 Å². The van der Waals surface area contributed by atoms with Gasteiger partial charge in [-0.2, -0.15) is 0 Å². The maximum Gasteiger partial charge on any atom is 0.169 e. The second-order valence-electron chi connectivity index (χ2n) is 8.41. The van der Waals surface area contributed by atoms with E-state index in [4.69, 9.17) is 4.42 Å². The zero-order valence-corrected chi connectivity index (χ0v) is 18.0. The number of aryl methyl sites for hydroxylation is 1. The predicted molar refractivity (Wildman–Crippen MR) is 133 cm³/mol. The Morgan fingerprint density at radius 2 is 1.39 bits per heavy atom. The van der Waals surface area contributed by atoms with Gasteiger partial charge in [0.2, 0.25) is 0 Å². The van der Waals surface area contributed by atoms with Gasteiger partial charge in [-0.15, -0.1) is 10.2 Å². The summed E-state index contributed by atoms with van der Waals surface area (Å²) >= 11 is 0. The molecule has 7 rings (SSSR count).